The van der Waals surface area contributed by atoms with Crippen molar-refractivity contribution in [2.24, 2.45) is 0 Å². The molecule has 1 aliphatic carbocycles. The standard InChI is InChI=1S/C38H40Cl2N6O7/c1-52-37-22(18-42-19-23-9-13-33(48)44-23)14-30(39)38(46-37)53-31-11-10-26-25(4-2-5-27(26)31)28-6-3-7-29(35(28)40)36(51)45-32-12-8-21(17-43-32)16-41-20-24(47)15-34(49)50/h2-8,12,14,17,23-24,31,41-42,47H,9-11,13,15-16,18-20H2,1H3,(H,44,48)(H,49,50)(H,43,45,51)/t23-,24?,31-/m0/s1. The molecule has 53 heavy (non-hydrogen) atoms. The number of hydrogen-bond donors (Lipinski definition) is 6. The lowest BCUT2D eigenvalue weighted by molar-refractivity contribution is -0.139. The zero-order valence-electron chi connectivity index (χ0n) is 29.0. The number of carbonyl (C=O) groups excluding carboxylic acids is 2. The molecule has 1 fully saturated rings. The van der Waals surface area contributed by atoms with Crippen molar-refractivity contribution in [2.75, 3.05) is 25.5 Å². The van der Waals surface area contributed by atoms with Crippen LogP contribution in [0, 0.1) is 0 Å². The highest BCUT2D eigenvalue weighted by Gasteiger charge is 2.29. The molecule has 2 aliphatic rings. The SMILES string of the molecule is COc1nc(O[C@H]2CCc3c(-c4cccc(C(=O)Nc5ccc(CNCC(O)CC(=O)O)cn5)c4Cl)cccc32)c(Cl)cc1CNC[C@@H]1CCC(=O)N1. The van der Waals surface area contributed by atoms with Gasteiger partial charge in [-0.3, -0.25) is 14.4 Å². The molecule has 0 radical (unpaired) electrons. The van der Waals surface area contributed by atoms with Crippen LogP contribution in [0.3, 0.4) is 0 Å². The summed E-state index contributed by atoms with van der Waals surface area (Å²) in [4.78, 5) is 44.5. The van der Waals surface area contributed by atoms with Gasteiger partial charge in [0, 0.05) is 56.0 Å². The van der Waals surface area contributed by atoms with E-state index in [0.29, 0.717) is 66.2 Å². The average Bonchev–Trinajstić information content (AvgIpc) is 3.75. The van der Waals surface area contributed by atoms with Gasteiger partial charge in [0.15, 0.2) is 0 Å². The largest absolute Gasteiger partial charge is 0.481 e. The van der Waals surface area contributed by atoms with Gasteiger partial charge in [-0.1, -0.05) is 59.6 Å². The Hall–Kier alpha value is -4.79. The van der Waals surface area contributed by atoms with Crippen LogP contribution in [0.15, 0.2) is 60.8 Å². The fourth-order valence-electron chi connectivity index (χ4n) is 6.58. The van der Waals surface area contributed by atoms with Crippen molar-refractivity contribution >= 4 is 46.8 Å². The van der Waals surface area contributed by atoms with Gasteiger partial charge in [0.25, 0.3) is 5.91 Å². The van der Waals surface area contributed by atoms with Crippen molar-refractivity contribution in [2.45, 2.75) is 63.4 Å². The van der Waals surface area contributed by atoms with Crippen LogP contribution in [0.5, 0.6) is 11.8 Å². The number of amides is 2. The number of rotatable bonds is 16. The van der Waals surface area contributed by atoms with Crippen molar-refractivity contribution in [1.82, 2.24) is 25.9 Å². The Labute approximate surface area is 316 Å². The van der Waals surface area contributed by atoms with E-state index >= 15 is 0 Å². The van der Waals surface area contributed by atoms with E-state index in [0.717, 1.165) is 34.2 Å². The third kappa shape index (κ3) is 9.42. The molecular weight excluding hydrogens is 723 g/mol. The second kappa shape index (κ2) is 17.4. The van der Waals surface area contributed by atoms with Gasteiger partial charge in [-0.15, -0.1) is 0 Å². The van der Waals surface area contributed by atoms with Crippen molar-refractivity contribution in [3.05, 3.63) is 98.7 Å². The van der Waals surface area contributed by atoms with E-state index in [1.165, 1.54) is 0 Å². The third-order valence-corrected chi connectivity index (χ3v) is 9.83. The first-order valence-electron chi connectivity index (χ1n) is 17.3. The molecule has 6 rings (SSSR count). The fourth-order valence-corrected chi connectivity index (χ4v) is 7.11. The number of anilines is 1. The van der Waals surface area contributed by atoms with Gasteiger partial charge < -0.3 is 41.0 Å². The minimum Gasteiger partial charge on any atom is -0.481 e. The summed E-state index contributed by atoms with van der Waals surface area (Å²) in [6.07, 6.45) is 2.66. The quantitative estimate of drug-likeness (QED) is 0.0896. The summed E-state index contributed by atoms with van der Waals surface area (Å²) in [6, 6.07) is 16.6. The van der Waals surface area contributed by atoms with Gasteiger partial charge in [-0.05, 0) is 59.7 Å². The summed E-state index contributed by atoms with van der Waals surface area (Å²) >= 11 is 13.6. The van der Waals surface area contributed by atoms with E-state index in [1.807, 2.05) is 24.3 Å². The Balaban J connectivity index is 1.11. The molecule has 4 aromatic rings. The number of carbonyl (C=O) groups is 3. The van der Waals surface area contributed by atoms with Crippen molar-refractivity contribution in [3.8, 4) is 22.9 Å². The van der Waals surface area contributed by atoms with E-state index in [-0.39, 0.29) is 42.5 Å². The predicted molar refractivity (Wildman–Crippen MR) is 199 cm³/mol. The van der Waals surface area contributed by atoms with E-state index in [1.54, 1.807) is 43.6 Å². The lowest BCUT2D eigenvalue weighted by Crippen LogP contribution is -2.35. The van der Waals surface area contributed by atoms with E-state index < -0.39 is 18.0 Å². The molecule has 6 N–H and O–H groups in total. The Morgan fingerprint density at radius 2 is 1.83 bits per heavy atom. The molecule has 1 unspecified atom stereocenters. The Kier molecular flexibility index (Phi) is 12.4. The van der Waals surface area contributed by atoms with E-state index in [4.69, 9.17) is 37.8 Å². The zero-order chi connectivity index (χ0) is 37.5. The first-order valence-corrected chi connectivity index (χ1v) is 18.0. The Morgan fingerprint density at radius 1 is 1.02 bits per heavy atom. The normalized spacial score (nSPS) is 16.9. The molecule has 1 saturated heterocycles. The number of aliphatic hydroxyl groups is 1. The minimum absolute atomic E-state index is 0.0703. The Bertz CT molecular complexity index is 1980. The molecule has 278 valence electrons. The minimum atomic E-state index is -1.07. The van der Waals surface area contributed by atoms with Crippen LogP contribution in [-0.4, -0.2) is 70.3 Å². The summed E-state index contributed by atoms with van der Waals surface area (Å²) in [7, 11) is 1.55. The van der Waals surface area contributed by atoms with E-state index in [2.05, 4.69) is 31.2 Å². The number of nitrogens with zero attached hydrogens (tertiary/aromatic N) is 2. The van der Waals surface area contributed by atoms with Gasteiger partial charge in [0.2, 0.25) is 17.7 Å². The number of benzene rings is 2. The summed E-state index contributed by atoms with van der Waals surface area (Å²) in [5.41, 5.74) is 5.50. The maximum atomic E-state index is 13.4. The molecule has 2 aromatic carbocycles. The van der Waals surface area contributed by atoms with Crippen LogP contribution in [0.4, 0.5) is 5.82 Å². The van der Waals surface area contributed by atoms with Crippen molar-refractivity contribution < 1.29 is 34.1 Å². The third-order valence-electron chi connectivity index (χ3n) is 9.16. The molecule has 2 amide bonds. The maximum absolute atomic E-state index is 13.4. The summed E-state index contributed by atoms with van der Waals surface area (Å²) in [6.45, 7) is 1.57. The smallest absolute Gasteiger partial charge is 0.306 e. The number of aliphatic carboxylic acids is 1. The number of nitrogens with one attached hydrogen (secondary N) is 4. The molecule has 3 atom stereocenters. The molecule has 0 spiro atoms. The number of carboxylic acids is 1. The van der Waals surface area contributed by atoms with Crippen LogP contribution < -0.4 is 30.7 Å². The number of methoxy groups -OCH3 is 1. The number of carboxylic acid groups (broad SMARTS) is 1. The number of hydrogen-bond acceptors (Lipinski definition) is 10. The van der Waals surface area contributed by atoms with Crippen LogP contribution in [0.2, 0.25) is 10.0 Å². The molecule has 0 bridgehead atoms. The topological polar surface area (TPSA) is 184 Å². The van der Waals surface area contributed by atoms with E-state index in [9.17, 15) is 19.5 Å². The maximum Gasteiger partial charge on any atom is 0.306 e. The van der Waals surface area contributed by atoms with Gasteiger partial charge in [-0.2, -0.15) is 4.98 Å². The molecule has 15 heteroatoms. The molecule has 2 aromatic heterocycles. The molecule has 0 saturated carbocycles. The number of aromatic nitrogens is 2. The summed E-state index contributed by atoms with van der Waals surface area (Å²) < 4.78 is 12.0. The molecular formula is C38H40Cl2N6O7. The lowest BCUT2D eigenvalue weighted by atomic mass is 9.95. The molecule has 3 heterocycles. The molecule has 13 nitrogen and oxygen atoms in total. The second-order valence-electron chi connectivity index (χ2n) is 13.0. The average molecular weight is 764 g/mol. The zero-order valence-corrected chi connectivity index (χ0v) is 30.5. The first kappa shape index (κ1) is 38.0. The number of aliphatic hydroxyl groups excluding tert-OH is 1. The molecule has 1 aliphatic heterocycles. The lowest BCUT2D eigenvalue weighted by Gasteiger charge is -2.18. The number of ether oxygens (including phenoxy) is 2. The van der Waals surface area contributed by atoms with Crippen LogP contribution >= 0.6 is 23.2 Å². The monoisotopic (exact) mass is 762 g/mol. The van der Waals surface area contributed by atoms with Crippen LogP contribution in [-0.2, 0) is 29.1 Å². The highest BCUT2D eigenvalue weighted by molar-refractivity contribution is 6.37. The van der Waals surface area contributed by atoms with Crippen molar-refractivity contribution in [1.29, 1.82) is 0 Å². The van der Waals surface area contributed by atoms with Gasteiger partial charge in [0.05, 0.1) is 30.2 Å². The summed E-state index contributed by atoms with van der Waals surface area (Å²) in [5.74, 6) is -0.419. The van der Waals surface area contributed by atoms with Gasteiger partial charge in [0.1, 0.15) is 16.9 Å². The summed E-state index contributed by atoms with van der Waals surface area (Å²) in [5, 5.41) is 31.2. The fraction of sp³-hybridized carbons (Fsp3) is 0.342. The van der Waals surface area contributed by atoms with Crippen LogP contribution in [0.25, 0.3) is 11.1 Å². The van der Waals surface area contributed by atoms with Crippen molar-refractivity contribution in [3.63, 3.8) is 0 Å². The first-order chi connectivity index (χ1) is 25.6. The number of pyridine rings is 2. The highest BCUT2D eigenvalue weighted by Crippen LogP contribution is 2.43. The highest BCUT2D eigenvalue weighted by atomic mass is 35.5. The Morgan fingerprint density at radius 3 is 2.57 bits per heavy atom. The number of fused-ring (bicyclic) bond motifs is 1. The van der Waals surface area contributed by atoms with Crippen LogP contribution in [0.1, 0.15) is 64.4 Å². The van der Waals surface area contributed by atoms with Gasteiger partial charge >= 0.3 is 5.97 Å². The number of halogens is 2. The second-order valence-corrected chi connectivity index (χ2v) is 13.7. The predicted octanol–water partition coefficient (Wildman–Crippen LogP) is 5.07. The van der Waals surface area contributed by atoms with Gasteiger partial charge in [-0.25, -0.2) is 4.98 Å².